The first-order chi connectivity index (χ1) is 8.79. The van der Waals surface area contributed by atoms with Crippen molar-refractivity contribution in [2.45, 2.75) is 29.5 Å². The van der Waals surface area contributed by atoms with Crippen LogP contribution in [0.1, 0.15) is 22.0 Å². The molecule has 2 nitrogen and oxygen atoms in total. The van der Waals surface area contributed by atoms with Crippen molar-refractivity contribution >= 4 is 23.1 Å². The Labute approximate surface area is 116 Å². The molecule has 1 aliphatic rings. The molecule has 0 bridgehead atoms. The molecule has 4 heteroatoms. The normalized spacial score (nSPS) is 19.8. The van der Waals surface area contributed by atoms with Crippen molar-refractivity contribution in [3.63, 3.8) is 0 Å². The third-order valence-corrected chi connectivity index (χ3v) is 5.90. The molecule has 0 spiro atoms. The minimum Gasteiger partial charge on any atom is -0.271 e. The first-order valence-corrected chi connectivity index (χ1v) is 7.80. The highest BCUT2D eigenvalue weighted by atomic mass is 32.2. The van der Waals surface area contributed by atoms with E-state index in [0.29, 0.717) is 5.25 Å². The van der Waals surface area contributed by atoms with Gasteiger partial charge in [-0.1, -0.05) is 18.2 Å². The van der Waals surface area contributed by atoms with Gasteiger partial charge in [0.1, 0.15) is 0 Å². The fraction of sp³-hybridized carbons (Fsp3) is 0.286. The summed E-state index contributed by atoms with van der Waals surface area (Å²) < 4.78 is 0. The molecule has 3 rings (SSSR count). The highest BCUT2D eigenvalue weighted by molar-refractivity contribution is 8.00. The van der Waals surface area contributed by atoms with Crippen LogP contribution in [0, 0.1) is 6.92 Å². The first-order valence-electron chi connectivity index (χ1n) is 6.04. The zero-order valence-corrected chi connectivity index (χ0v) is 11.9. The minimum absolute atomic E-state index is 0.238. The summed E-state index contributed by atoms with van der Waals surface area (Å²) in [6, 6.07) is 11.0. The molecule has 0 fully saturated rings. The van der Waals surface area contributed by atoms with Crippen LogP contribution in [0.3, 0.4) is 0 Å². The van der Waals surface area contributed by atoms with E-state index in [2.05, 4.69) is 48.1 Å². The highest BCUT2D eigenvalue weighted by Gasteiger charge is 2.31. The average molecular weight is 276 g/mol. The Morgan fingerprint density at radius 3 is 2.83 bits per heavy atom. The predicted molar refractivity (Wildman–Crippen MR) is 78.9 cm³/mol. The average Bonchev–Trinajstić information content (AvgIpc) is 2.97. The second-order valence-corrected chi connectivity index (χ2v) is 6.81. The van der Waals surface area contributed by atoms with Gasteiger partial charge in [-0.2, -0.15) is 0 Å². The van der Waals surface area contributed by atoms with Crippen molar-refractivity contribution in [1.29, 1.82) is 0 Å². The van der Waals surface area contributed by atoms with E-state index in [1.807, 2.05) is 11.8 Å². The Kier molecular flexibility index (Phi) is 3.43. The third kappa shape index (κ3) is 2.10. The van der Waals surface area contributed by atoms with Gasteiger partial charge in [0.25, 0.3) is 0 Å². The number of hydrogen-bond acceptors (Lipinski definition) is 4. The van der Waals surface area contributed by atoms with Crippen molar-refractivity contribution < 1.29 is 0 Å². The maximum absolute atomic E-state index is 5.79. The van der Waals surface area contributed by atoms with E-state index in [-0.39, 0.29) is 6.04 Å². The summed E-state index contributed by atoms with van der Waals surface area (Å²) in [5.74, 6) is 5.79. The Morgan fingerprint density at radius 1 is 1.33 bits per heavy atom. The van der Waals surface area contributed by atoms with Gasteiger partial charge in [0.05, 0.1) is 6.04 Å². The summed E-state index contributed by atoms with van der Waals surface area (Å²) in [5, 5.41) is 2.63. The third-order valence-electron chi connectivity index (χ3n) is 3.41. The lowest BCUT2D eigenvalue weighted by Crippen LogP contribution is -2.34. The molecule has 0 saturated carbocycles. The largest absolute Gasteiger partial charge is 0.271 e. The van der Waals surface area contributed by atoms with Crippen LogP contribution in [0.25, 0.3) is 0 Å². The molecule has 0 saturated heterocycles. The molecule has 3 N–H and O–H groups in total. The van der Waals surface area contributed by atoms with Crippen LogP contribution in [-0.4, -0.2) is 5.25 Å². The number of thiophene rings is 1. The van der Waals surface area contributed by atoms with Gasteiger partial charge in [-0.3, -0.25) is 11.3 Å². The van der Waals surface area contributed by atoms with E-state index in [0.717, 1.165) is 6.42 Å². The van der Waals surface area contributed by atoms with E-state index in [9.17, 15) is 0 Å². The van der Waals surface area contributed by atoms with Crippen LogP contribution in [0.4, 0.5) is 0 Å². The van der Waals surface area contributed by atoms with Gasteiger partial charge in [0.2, 0.25) is 0 Å². The maximum Gasteiger partial charge on any atom is 0.0681 e. The Balaban J connectivity index is 1.86. The molecule has 2 unspecified atom stereocenters. The maximum atomic E-state index is 5.79. The van der Waals surface area contributed by atoms with E-state index in [1.54, 1.807) is 11.3 Å². The lowest BCUT2D eigenvalue weighted by Gasteiger charge is -2.21. The number of hydrazine groups is 1. The monoisotopic (exact) mass is 276 g/mol. The van der Waals surface area contributed by atoms with Crippen LogP contribution in [0.15, 0.2) is 40.6 Å². The molecule has 18 heavy (non-hydrogen) atoms. The molecule has 1 aromatic carbocycles. The summed E-state index contributed by atoms with van der Waals surface area (Å²) in [6.45, 7) is 2.16. The smallest absolute Gasteiger partial charge is 0.0681 e. The Hall–Kier alpha value is -0.810. The van der Waals surface area contributed by atoms with Crippen LogP contribution in [0.5, 0.6) is 0 Å². The fourth-order valence-corrected chi connectivity index (χ4v) is 4.99. The van der Waals surface area contributed by atoms with Crippen LogP contribution in [-0.2, 0) is 6.42 Å². The summed E-state index contributed by atoms with van der Waals surface area (Å²) in [5.41, 5.74) is 5.79. The molecule has 1 aromatic heterocycles. The van der Waals surface area contributed by atoms with E-state index < -0.39 is 0 Å². The minimum atomic E-state index is 0.238. The molecule has 1 aliphatic heterocycles. The summed E-state index contributed by atoms with van der Waals surface area (Å²) >= 11 is 3.73. The quantitative estimate of drug-likeness (QED) is 0.667. The SMILES string of the molecule is Cc1ccsc1C(NN)C1Cc2ccccc2S1. The molecule has 94 valence electrons. The van der Waals surface area contributed by atoms with E-state index in [1.165, 1.54) is 20.9 Å². The van der Waals surface area contributed by atoms with E-state index in [4.69, 9.17) is 5.84 Å². The molecule has 2 atom stereocenters. The molecule has 0 amide bonds. The number of benzene rings is 1. The van der Waals surface area contributed by atoms with Crippen molar-refractivity contribution in [2.75, 3.05) is 0 Å². The summed E-state index contributed by atoms with van der Waals surface area (Å²) in [4.78, 5) is 2.76. The van der Waals surface area contributed by atoms with E-state index >= 15 is 0 Å². The topological polar surface area (TPSA) is 38.0 Å². The lowest BCUT2D eigenvalue weighted by atomic mass is 10.0. The van der Waals surface area contributed by atoms with Crippen LogP contribution in [0.2, 0.25) is 0 Å². The van der Waals surface area contributed by atoms with Gasteiger partial charge in [0.15, 0.2) is 0 Å². The molecule has 0 aliphatic carbocycles. The number of nitrogens with two attached hydrogens (primary N) is 1. The van der Waals surface area contributed by atoms with Gasteiger partial charge < -0.3 is 0 Å². The number of nitrogens with one attached hydrogen (secondary N) is 1. The van der Waals surface area contributed by atoms with Crippen LogP contribution < -0.4 is 11.3 Å². The molecule has 2 heterocycles. The number of hydrogen-bond donors (Lipinski definition) is 2. The number of rotatable bonds is 3. The number of aryl methyl sites for hydroxylation is 1. The highest BCUT2D eigenvalue weighted by Crippen LogP contribution is 2.43. The van der Waals surface area contributed by atoms with Crippen molar-refractivity contribution in [3.05, 3.63) is 51.7 Å². The zero-order chi connectivity index (χ0) is 12.5. The standard InChI is InChI=1S/C14H16N2S2/c1-9-6-7-17-14(9)13(16-15)12-8-10-4-2-3-5-11(10)18-12/h2-7,12-13,16H,8,15H2,1H3. The van der Waals surface area contributed by atoms with Gasteiger partial charge in [-0.15, -0.1) is 23.1 Å². The molecular weight excluding hydrogens is 260 g/mol. The molecule has 2 aromatic rings. The zero-order valence-electron chi connectivity index (χ0n) is 10.2. The first kappa shape index (κ1) is 12.2. The molecule has 0 radical (unpaired) electrons. The van der Waals surface area contributed by atoms with Crippen molar-refractivity contribution in [1.82, 2.24) is 5.43 Å². The lowest BCUT2D eigenvalue weighted by molar-refractivity contribution is 0.539. The summed E-state index contributed by atoms with van der Waals surface area (Å²) in [6.07, 6.45) is 1.09. The van der Waals surface area contributed by atoms with Gasteiger partial charge in [-0.25, -0.2) is 0 Å². The Bertz CT molecular complexity index is 525. The van der Waals surface area contributed by atoms with Crippen molar-refractivity contribution in [2.24, 2.45) is 5.84 Å². The second-order valence-electron chi connectivity index (χ2n) is 4.58. The fourth-order valence-electron chi connectivity index (χ4n) is 2.45. The number of fused-ring (bicyclic) bond motifs is 1. The van der Waals surface area contributed by atoms with Gasteiger partial charge in [-0.05, 0) is 42.0 Å². The van der Waals surface area contributed by atoms with Gasteiger partial charge in [0, 0.05) is 15.0 Å². The predicted octanol–water partition coefficient (Wildman–Crippen LogP) is 3.28. The van der Waals surface area contributed by atoms with Crippen LogP contribution >= 0.6 is 23.1 Å². The summed E-state index contributed by atoms with van der Waals surface area (Å²) in [7, 11) is 0. The van der Waals surface area contributed by atoms with Crippen molar-refractivity contribution in [3.8, 4) is 0 Å². The second kappa shape index (κ2) is 5.05. The van der Waals surface area contributed by atoms with Gasteiger partial charge >= 0.3 is 0 Å². The molecular formula is C14H16N2S2. The Morgan fingerprint density at radius 2 is 2.17 bits per heavy atom. The number of thioether (sulfide) groups is 1.